The van der Waals surface area contributed by atoms with Crippen LogP contribution in [-0.4, -0.2) is 33.5 Å². The number of carbonyl (C=O) groups excluding carboxylic acids is 1. The van der Waals surface area contributed by atoms with Crippen molar-refractivity contribution >= 4 is 21.6 Å². The van der Waals surface area contributed by atoms with E-state index >= 15 is 0 Å². The Kier molecular flexibility index (Phi) is 6.55. The molecule has 0 heterocycles. The molecule has 4 fully saturated rings. The molecule has 0 spiro atoms. The van der Waals surface area contributed by atoms with Crippen molar-refractivity contribution in [3.63, 3.8) is 0 Å². The summed E-state index contributed by atoms with van der Waals surface area (Å²) in [7, 11) is -3.69. The molecule has 1 atom stereocenters. The molecule has 0 radical (unpaired) electrons. The lowest BCUT2D eigenvalue weighted by atomic mass is 9.48. The van der Waals surface area contributed by atoms with E-state index in [1.807, 2.05) is 25.1 Å². The average Bonchev–Trinajstić information content (AvgIpc) is 2.83. The van der Waals surface area contributed by atoms with E-state index in [4.69, 9.17) is 4.74 Å². The molecule has 6 nitrogen and oxygen atoms in total. The molecule has 7 heteroatoms. The summed E-state index contributed by atoms with van der Waals surface area (Å²) >= 11 is 0. The number of carbonyl (C=O) groups is 1. The van der Waals surface area contributed by atoms with Gasteiger partial charge in [0.15, 0.2) is 6.61 Å². The minimum atomic E-state index is -3.69. The zero-order valence-electron chi connectivity index (χ0n) is 20.7. The quantitative estimate of drug-likeness (QED) is 0.530. The van der Waals surface area contributed by atoms with Gasteiger partial charge in [0.2, 0.25) is 0 Å². The fourth-order valence-electron chi connectivity index (χ4n) is 7.21. The Labute approximate surface area is 209 Å². The summed E-state index contributed by atoms with van der Waals surface area (Å²) in [5.41, 5.74) is 0.879. The normalized spacial score (nSPS) is 27.9. The lowest BCUT2D eigenvalue weighted by Gasteiger charge is -2.59. The second-order valence-electron chi connectivity index (χ2n) is 10.8. The second kappa shape index (κ2) is 9.49. The van der Waals surface area contributed by atoms with Crippen LogP contribution in [0, 0.1) is 23.2 Å². The standard InChI is InChI=1S/C28H36N2O4S/c1-3-30(24-7-5-4-6-8-24)35(32,33)26-11-9-25(10-12-26)34-19-27(31)29-20(2)28-16-21-13-22(17-28)15-23(14-21)18-28/h4-12,20-23H,3,13-19H2,1-2H3,(H,29,31)/t20-,21?,22?,23?,28?/m0/s1. The summed E-state index contributed by atoms with van der Waals surface area (Å²) in [6, 6.07) is 15.5. The van der Waals surface area contributed by atoms with Crippen LogP contribution in [0.25, 0.3) is 0 Å². The fourth-order valence-corrected chi connectivity index (χ4v) is 8.69. The Balaban J connectivity index is 1.18. The Bertz CT molecular complexity index is 1110. The minimum Gasteiger partial charge on any atom is -0.484 e. The first kappa shape index (κ1) is 24.2. The summed E-state index contributed by atoms with van der Waals surface area (Å²) in [5, 5.41) is 3.22. The van der Waals surface area contributed by atoms with Crippen molar-refractivity contribution in [2.75, 3.05) is 17.5 Å². The van der Waals surface area contributed by atoms with Gasteiger partial charge in [0.25, 0.3) is 15.9 Å². The highest BCUT2D eigenvalue weighted by Gasteiger charge is 2.53. The SMILES string of the molecule is CCN(c1ccccc1)S(=O)(=O)c1ccc(OCC(=O)N[C@@H](C)C23CC4CC(CC(C4)C2)C3)cc1. The van der Waals surface area contributed by atoms with Gasteiger partial charge in [-0.3, -0.25) is 9.10 Å². The Morgan fingerprint density at radius 2 is 1.57 bits per heavy atom. The average molecular weight is 497 g/mol. The topological polar surface area (TPSA) is 75.7 Å². The molecule has 2 aromatic carbocycles. The minimum absolute atomic E-state index is 0.0755. The number of amides is 1. The summed E-state index contributed by atoms with van der Waals surface area (Å²) in [6.45, 7) is 4.22. The van der Waals surface area contributed by atoms with E-state index in [1.54, 1.807) is 24.3 Å². The second-order valence-corrected chi connectivity index (χ2v) is 12.7. The number of benzene rings is 2. The van der Waals surface area contributed by atoms with E-state index in [0.29, 0.717) is 18.0 Å². The van der Waals surface area contributed by atoms with Crippen LogP contribution in [0.2, 0.25) is 0 Å². The first-order valence-electron chi connectivity index (χ1n) is 12.9. The van der Waals surface area contributed by atoms with Gasteiger partial charge in [-0.15, -0.1) is 0 Å². The number of hydrogen-bond acceptors (Lipinski definition) is 4. The third-order valence-electron chi connectivity index (χ3n) is 8.49. The van der Waals surface area contributed by atoms with Gasteiger partial charge in [-0.2, -0.15) is 0 Å². The monoisotopic (exact) mass is 496 g/mol. The molecule has 1 N–H and O–H groups in total. The van der Waals surface area contributed by atoms with Crippen molar-refractivity contribution in [3.8, 4) is 5.75 Å². The predicted molar refractivity (Wildman–Crippen MR) is 137 cm³/mol. The van der Waals surface area contributed by atoms with E-state index in [-0.39, 0.29) is 28.9 Å². The number of nitrogens with one attached hydrogen (secondary N) is 1. The molecule has 0 aliphatic heterocycles. The first-order chi connectivity index (χ1) is 16.8. The van der Waals surface area contributed by atoms with Crippen LogP contribution in [0.5, 0.6) is 5.75 Å². The van der Waals surface area contributed by atoms with Crippen molar-refractivity contribution in [2.24, 2.45) is 23.2 Å². The number of para-hydroxylation sites is 1. The van der Waals surface area contributed by atoms with Gasteiger partial charge in [0.05, 0.1) is 10.6 Å². The van der Waals surface area contributed by atoms with Crippen LogP contribution in [0.1, 0.15) is 52.4 Å². The third kappa shape index (κ3) is 4.80. The maximum Gasteiger partial charge on any atom is 0.264 e. The maximum absolute atomic E-state index is 13.1. The van der Waals surface area contributed by atoms with Crippen molar-refractivity contribution in [1.82, 2.24) is 5.32 Å². The smallest absolute Gasteiger partial charge is 0.264 e. The van der Waals surface area contributed by atoms with E-state index in [0.717, 1.165) is 17.8 Å². The number of anilines is 1. The van der Waals surface area contributed by atoms with Crippen molar-refractivity contribution in [1.29, 1.82) is 0 Å². The maximum atomic E-state index is 13.1. The van der Waals surface area contributed by atoms with E-state index < -0.39 is 10.0 Å². The Morgan fingerprint density at radius 1 is 1.00 bits per heavy atom. The summed E-state index contributed by atoms with van der Waals surface area (Å²) in [5.74, 6) is 2.89. The number of nitrogens with zero attached hydrogens (tertiary/aromatic N) is 1. The van der Waals surface area contributed by atoms with Crippen LogP contribution in [-0.2, 0) is 14.8 Å². The van der Waals surface area contributed by atoms with E-state index in [9.17, 15) is 13.2 Å². The van der Waals surface area contributed by atoms with Crippen LogP contribution in [0.3, 0.4) is 0 Å². The molecule has 4 bridgehead atoms. The van der Waals surface area contributed by atoms with Gasteiger partial charge in [0.1, 0.15) is 5.75 Å². The van der Waals surface area contributed by atoms with Gasteiger partial charge >= 0.3 is 0 Å². The summed E-state index contributed by atoms with van der Waals surface area (Å²) < 4.78 is 33.4. The molecule has 1 amide bonds. The summed E-state index contributed by atoms with van der Waals surface area (Å²) in [4.78, 5) is 12.9. The highest BCUT2D eigenvalue weighted by atomic mass is 32.2. The molecule has 188 valence electrons. The zero-order valence-corrected chi connectivity index (χ0v) is 21.5. The predicted octanol–water partition coefficient (Wildman–Crippen LogP) is 5.00. The van der Waals surface area contributed by atoms with Crippen molar-refractivity contribution < 1.29 is 17.9 Å². The highest BCUT2D eigenvalue weighted by molar-refractivity contribution is 7.92. The molecular formula is C28H36N2O4S. The lowest BCUT2D eigenvalue weighted by Crippen LogP contribution is -2.56. The molecule has 2 aromatic rings. The number of sulfonamides is 1. The summed E-state index contributed by atoms with van der Waals surface area (Å²) in [6.07, 6.45) is 7.89. The van der Waals surface area contributed by atoms with Gasteiger partial charge < -0.3 is 10.1 Å². The van der Waals surface area contributed by atoms with Crippen molar-refractivity contribution in [2.45, 2.75) is 63.3 Å². The van der Waals surface area contributed by atoms with Crippen LogP contribution in [0.4, 0.5) is 5.69 Å². The molecule has 0 aromatic heterocycles. The molecule has 35 heavy (non-hydrogen) atoms. The third-order valence-corrected chi connectivity index (χ3v) is 10.4. The van der Waals surface area contributed by atoms with Gasteiger partial charge in [0, 0.05) is 12.6 Å². The number of hydrogen-bond donors (Lipinski definition) is 1. The first-order valence-corrected chi connectivity index (χ1v) is 14.3. The fraction of sp³-hybridized carbons (Fsp3) is 0.536. The molecule has 4 aliphatic rings. The molecule has 6 rings (SSSR count). The van der Waals surface area contributed by atoms with Crippen LogP contribution in [0.15, 0.2) is 59.5 Å². The highest BCUT2D eigenvalue weighted by Crippen LogP contribution is 2.61. The lowest BCUT2D eigenvalue weighted by molar-refractivity contribution is -0.127. The Morgan fingerprint density at radius 3 is 2.11 bits per heavy atom. The van der Waals surface area contributed by atoms with Gasteiger partial charge in [-0.1, -0.05) is 18.2 Å². The van der Waals surface area contributed by atoms with Gasteiger partial charge in [-0.25, -0.2) is 8.42 Å². The molecular weight excluding hydrogens is 460 g/mol. The van der Waals surface area contributed by atoms with Gasteiger partial charge in [-0.05, 0) is 112 Å². The van der Waals surface area contributed by atoms with Crippen LogP contribution < -0.4 is 14.4 Å². The zero-order chi connectivity index (χ0) is 24.6. The molecule has 4 aliphatic carbocycles. The molecule has 4 saturated carbocycles. The van der Waals surface area contributed by atoms with Crippen LogP contribution >= 0.6 is 0 Å². The number of rotatable bonds is 9. The Hall–Kier alpha value is -2.54. The van der Waals surface area contributed by atoms with E-state index in [1.165, 1.54) is 55.0 Å². The van der Waals surface area contributed by atoms with Crippen molar-refractivity contribution in [3.05, 3.63) is 54.6 Å². The number of ether oxygens (including phenoxy) is 1. The molecule has 0 unspecified atom stereocenters. The molecule has 0 saturated heterocycles. The largest absolute Gasteiger partial charge is 0.484 e. The van der Waals surface area contributed by atoms with E-state index in [2.05, 4.69) is 12.2 Å².